The van der Waals surface area contributed by atoms with Gasteiger partial charge in [-0.15, -0.1) is 0 Å². The monoisotopic (exact) mass is 601 g/mol. The molecule has 2 aliphatic rings. The minimum atomic E-state index is -4.68. The molecule has 1 atom stereocenters. The van der Waals surface area contributed by atoms with Gasteiger partial charge in [0.1, 0.15) is 23.9 Å². The number of carbonyl (C=O) groups is 1. The van der Waals surface area contributed by atoms with E-state index in [-0.39, 0.29) is 35.9 Å². The third-order valence-electron chi connectivity index (χ3n) is 8.30. The van der Waals surface area contributed by atoms with Crippen molar-refractivity contribution in [1.29, 1.82) is 5.26 Å². The van der Waals surface area contributed by atoms with Crippen LogP contribution in [0.25, 0.3) is 0 Å². The Morgan fingerprint density at radius 3 is 2.34 bits per heavy atom. The molecule has 0 saturated heterocycles. The molecular formula is C35H34F3N3O3. The summed E-state index contributed by atoms with van der Waals surface area (Å²) < 4.78 is 54.0. The first kappa shape index (κ1) is 30.7. The molecule has 0 bridgehead atoms. The quantitative estimate of drug-likeness (QED) is 0.310. The van der Waals surface area contributed by atoms with Crippen LogP contribution in [0.2, 0.25) is 0 Å². The van der Waals surface area contributed by atoms with Gasteiger partial charge >= 0.3 is 6.18 Å². The first-order chi connectivity index (χ1) is 20.8. The molecule has 44 heavy (non-hydrogen) atoms. The molecule has 9 heteroatoms. The van der Waals surface area contributed by atoms with E-state index in [2.05, 4.69) is 6.07 Å². The largest absolute Gasteiger partial charge is 0.497 e. The molecule has 5 rings (SSSR count). The molecule has 1 unspecified atom stereocenters. The van der Waals surface area contributed by atoms with Crippen LogP contribution < -0.4 is 20.1 Å². The molecule has 0 amide bonds. The van der Waals surface area contributed by atoms with Gasteiger partial charge in [0.25, 0.3) is 0 Å². The number of hydrogen-bond acceptors (Lipinski definition) is 6. The Bertz CT molecular complexity index is 1730. The molecular weight excluding hydrogens is 567 g/mol. The fraction of sp³-hybridized carbons (Fsp3) is 0.314. The van der Waals surface area contributed by atoms with Crippen LogP contribution in [-0.4, -0.2) is 12.9 Å². The van der Waals surface area contributed by atoms with Crippen LogP contribution in [0.1, 0.15) is 60.4 Å². The van der Waals surface area contributed by atoms with E-state index in [4.69, 9.17) is 15.2 Å². The Balaban J connectivity index is 1.68. The van der Waals surface area contributed by atoms with Crippen molar-refractivity contribution in [1.82, 2.24) is 0 Å². The summed E-state index contributed by atoms with van der Waals surface area (Å²) in [5.41, 5.74) is 8.99. The number of nitrogens with zero attached hydrogens (tertiary/aromatic N) is 2. The van der Waals surface area contributed by atoms with E-state index in [1.54, 1.807) is 31.4 Å². The molecule has 3 aromatic carbocycles. The number of ketones is 1. The third kappa shape index (κ3) is 5.64. The molecule has 0 spiro atoms. The molecule has 1 aliphatic heterocycles. The van der Waals surface area contributed by atoms with Gasteiger partial charge in [-0.1, -0.05) is 43.7 Å². The van der Waals surface area contributed by atoms with Crippen molar-refractivity contribution in [3.63, 3.8) is 0 Å². The molecule has 1 heterocycles. The van der Waals surface area contributed by atoms with Crippen molar-refractivity contribution < 1.29 is 27.4 Å². The number of hydrogen-bond donors (Lipinski definition) is 1. The van der Waals surface area contributed by atoms with E-state index in [0.29, 0.717) is 34.8 Å². The number of methoxy groups -OCH3 is 1. The third-order valence-corrected chi connectivity index (χ3v) is 8.30. The number of nitriles is 1. The number of aryl methyl sites for hydroxylation is 1. The number of rotatable bonds is 6. The zero-order valence-corrected chi connectivity index (χ0v) is 25.3. The van der Waals surface area contributed by atoms with Gasteiger partial charge in [-0.05, 0) is 78.8 Å². The van der Waals surface area contributed by atoms with Crippen molar-refractivity contribution >= 4 is 11.5 Å². The van der Waals surface area contributed by atoms with Gasteiger partial charge in [0.2, 0.25) is 0 Å². The fourth-order valence-corrected chi connectivity index (χ4v) is 6.25. The van der Waals surface area contributed by atoms with Crippen LogP contribution in [0.4, 0.5) is 18.9 Å². The number of alkyl halides is 3. The summed E-state index contributed by atoms with van der Waals surface area (Å²) in [5, 5.41) is 10.5. The van der Waals surface area contributed by atoms with Crippen molar-refractivity contribution in [3.8, 4) is 17.6 Å². The second-order valence-electron chi connectivity index (χ2n) is 12.1. The van der Waals surface area contributed by atoms with Gasteiger partial charge in [-0.25, -0.2) is 0 Å². The fourth-order valence-electron chi connectivity index (χ4n) is 6.25. The zero-order valence-electron chi connectivity index (χ0n) is 25.3. The van der Waals surface area contributed by atoms with Crippen LogP contribution in [0.15, 0.2) is 83.3 Å². The Kier molecular flexibility index (Phi) is 7.98. The van der Waals surface area contributed by atoms with Gasteiger partial charge in [0, 0.05) is 17.7 Å². The lowest BCUT2D eigenvalue weighted by Gasteiger charge is -2.44. The van der Waals surface area contributed by atoms with Crippen LogP contribution in [0.3, 0.4) is 0 Å². The lowest BCUT2D eigenvalue weighted by atomic mass is 9.67. The van der Waals surface area contributed by atoms with Crippen LogP contribution in [0.5, 0.6) is 11.5 Å². The number of benzene rings is 3. The minimum absolute atomic E-state index is 0.0320. The highest BCUT2D eigenvalue weighted by molar-refractivity contribution is 6.02. The molecule has 0 aromatic heterocycles. The predicted octanol–water partition coefficient (Wildman–Crippen LogP) is 7.85. The average molecular weight is 602 g/mol. The second-order valence-corrected chi connectivity index (χ2v) is 12.1. The Morgan fingerprint density at radius 1 is 1.05 bits per heavy atom. The highest BCUT2D eigenvalue weighted by Crippen LogP contribution is 2.52. The Morgan fingerprint density at radius 2 is 1.70 bits per heavy atom. The van der Waals surface area contributed by atoms with Crippen molar-refractivity contribution in [3.05, 3.63) is 111 Å². The number of carbonyl (C=O) groups excluding carboxylic acids is 1. The molecule has 0 saturated carbocycles. The highest BCUT2D eigenvalue weighted by Gasteiger charge is 2.47. The van der Waals surface area contributed by atoms with Gasteiger partial charge in [0.05, 0.1) is 35.9 Å². The predicted molar refractivity (Wildman–Crippen MR) is 162 cm³/mol. The van der Waals surface area contributed by atoms with Crippen molar-refractivity contribution in [2.24, 2.45) is 11.1 Å². The van der Waals surface area contributed by atoms with Crippen LogP contribution in [0, 0.1) is 30.6 Å². The summed E-state index contributed by atoms with van der Waals surface area (Å²) in [6.07, 6.45) is -4.19. The summed E-state index contributed by atoms with van der Waals surface area (Å²) >= 11 is 0. The molecule has 3 aromatic rings. The highest BCUT2D eigenvalue weighted by atomic mass is 19.4. The average Bonchev–Trinajstić information content (AvgIpc) is 2.96. The maximum Gasteiger partial charge on any atom is 0.418 e. The summed E-state index contributed by atoms with van der Waals surface area (Å²) in [6, 6.07) is 18.4. The van der Waals surface area contributed by atoms with E-state index in [1.807, 2.05) is 39.8 Å². The molecule has 1 aliphatic carbocycles. The summed E-state index contributed by atoms with van der Waals surface area (Å²) in [6.45, 7) is 7.84. The number of anilines is 1. The van der Waals surface area contributed by atoms with Gasteiger partial charge < -0.3 is 15.2 Å². The number of Topliss-reactive ketones (excluding diaryl/α,β-unsaturated/α-hetero) is 1. The number of ether oxygens (including phenoxy) is 2. The van der Waals surface area contributed by atoms with Crippen LogP contribution in [-0.2, 0) is 17.6 Å². The number of nitrogens with two attached hydrogens (primary N) is 1. The number of halogens is 3. The van der Waals surface area contributed by atoms with Crippen LogP contribution >= 0.6 is 0 Å². The van der Waals surface area contributed by atoms with Crippen molar-refractivity contribution in [2.45, 2.75) is 59.2 Å². The summed E-state index contributed by atoms with van der Waals surface area (Å²) in [7, 11) is 1.59. The zero-order chi connectivity index (χ0) is 32.0. The van der Waals surface area contributed by atoms with E-state index < -0.39 is 23.1 Å². The number of allylic oxidation sites excluding steroid dienone is 3. The minimum Gasteiger partial charge on any atom is -0.497 e. The van der Waals surface area contributed by atoms with E-state index in [1.165, 1.54) is 23.1 Å². The molecule has 0 fully saturated rings. The SMILES string of the molecule is COc1ccc(OCc2cc(C)cc(C3C(C#N)=C(N)N(c4ccccc4C(F)(F)F)C4=C3C(=O)CC(C)(C)C4)c2C)cc1. The van der Waals surface area contributed by atoms with E-state index in [9.17, 15) is 23.2 Å². The molecule has 2 N–H and O–H groups in total. The smallest absolute Gasteiger partial charge is 0.418 e. The lowest BCUT2D eigenvalue weighted by Crippen LogP contribution is -2.42. The molecule has 6 nitrogen and oxygen atoms in total. The number of para-hydroxylation sites is 1. The van der Waals surface area contributed by atoms with E-state index in [0.717, 1.165) is 22.8 Å². The lowest BCUT2D eigenvalue weighted by molar-refractivity contribution is -0.137. The van der Waals surface area contributed by atoms with Gasteiger partial charge in [0.15, 0.2) is 5.78 Å². The maximum atomic E-state index is 14.2. The maximum absolute atomic E-state index is 14.2. The Labute approximate surface area is 255 Å². The first-order valence-electron chi connectivity index (χ1n) is 14.2. The van der Waals surface area contributed by atoms with Gasteiger partial charge in [-0.2, -0.15) is 18.4 Å². The van der Waals surface area contributed by atoms with Gasteiger partial charge in [-0.3, -0.25) is 9.69 Å². The topological polar surface area (TPSA) is 88.6 Å². The molecule has 228 valence electrons. The molecule has 0 radical (unpaired) electrons. The normalized spacial score (nSPS) is 18.2. The van der Waals surface area contributed by atoms with E-state index >= 15 is 0 Å². The first-order valence-corrected chi connectivity index (χ1v) is 14.2. The summed E-state index contributed by atoms with van der Waals surface area (Å²) in [4.78, 5) is 15.3. The Hall–Kier alpha value is -4.71. The second kappa shape index (κ2) is 11.4. The van der Waals surface area contributed by atoms with Crippen molar-refractivity contribution in [2.75, 3.05) is 12.0 Å². The standard InChI is InChI=1S/C35H34F3N3O3/c1-20-14-22(19-44-24-12-10-23(43-5)11-13-24)21(2)25(15-20)31-26(18-39)33(40)41(28-9-7-6-8-27(28)35(36,37)38)29-16-34(3,4)17-30(42)32(29)31/h6-15,31H,16-17,19,40H2,1-5H3. The summed E-state index contributed by atoms with van der Waals surface area (Å²) in [5.74, 6) is 0.172.